The molecule has 2 aromatic rings. The number of methoxy groups -OCH3 is 1. The fourth-order valence-corrected chi connectivity index (χ4v) is 4.95. The summed E-state index contributed by atoms with van der Waals surface area (Å²) in [7, 11) is 1.53. The quantitative estimate of drug-likeness (QED) is 0.802. The molecule has 3 aliphatic rings. The minimum atomic E-state index is -0.281. The molecule has 0 amide bonds. The summed E-state index contributed by atoms with van der Waals surface area (Å²) in [4.78, 5) is 12.7. The third kappa shape index (κ3) is 2.30. The van der Waals surface area contributed by atoms with Gasteiger partial charge >= 0.3 is 5.97 Å². The predicted molar refractivity (Wildman–Crippen MR) is 100 cm³/mol. The number of phenols is 1. The molecule has 0 aromatic heterocycles. The average molecular weight is 382 g/mol. The first kappa shape index (κ1) is 17.2. The first-order valence-corrected chi connectivity index (χ1v) is 9.47. The largest absolute Gasteiger partial charge is 0.504 e. The lowest BCUT2D eigenvalue weighted by molar-refractivity contribution is -0.141. The molecule has 1 fully saturated rings. The number of fused-ring (bicyclic) bond motifs is 3. The minimum absolute atomic E-state index is 0.0884. The van der Waals surface area contributed by atoms with Crippen LogP contribution < -0.4 is 14.2 Å². The predicted octanol–water partition coefficient (Wildman–Crippen LogP) is 3.48. The first-order valence-electron chi connectivity index (χ1n) is 9.47. The van der Waals surface area contributed by atoms with E-state index in [-0.39, 0.29) is 42.2 Å². The van der Waals surface area contributed by atoms with Gasteiger partial charge in [0.15, 0.2) is 23.0 Å². The number of hydrogen-bond donors (Lipinski definition) is 1. The molecule has 1 saturated heterocycles. The summed E-state index contributed by atoms with van der Waals surface area (Å²) < 4.78 is 22.0. The van der Waals surface area contributed by atoms with Crippen molar-refractivity contribution >= 4 is 5.97 Å². The van der Waals surface area contributed by atoms with Gasteiger partial charge < -0.3 is 24.1 Å². The smallest absolute Gasteiger partial charge is 0.310 e. The molecule has 4 atom stereocenters. The van der Waals surface area contributed by atoms with E-state index in [0.29, 0.717) is 23.7 Å². The number of aromatic hydroxyl groups is 1. The van der Waals surface area contributed by atoms with Crippen molar-refractivity contribution in [3.8, 4) is 23.0 Å². The molecule has 0 saturated carbocycles. The van der Waals surface area contributed by atoms with E-state index in [1.165, 1.54) is 7.11 Å². The Morgan fingerprint density at radius 1 is 1.07 bits per heavy atom. The maximum Gasteiger partial charge on any atom is 0.310 e. The summed E-state index contributed by atoms with van der Waals surface area (Å²) in [6, 6.07) is 7.78. The Morgan fingerprint density at radius 3 is 2.50 bits per heavy atom. The Hall–Kier alpha value is -2.89. The molecular weight excluding hydrogens is 360 g/mol. The SMILES string of the molecule is COc1cc([C@@H]2c3cc4c(cc3[C@@H](C)[C@H]3COC(=O)[C@H]23)OCO4)cc(C)c1O. The van der Waals surface area contributed by atoms with Crippen LogP contribution in [0.25, 0.3) is 0 Å². The summed E-state index contributed by atoms with van der Waals surface area (Å²) in [6.45, 7) is 4.60. The van der Waals surface area contributed by atoms with Gasteiger partial charge in [-0.15, -0.1) is 0 Å². The Labute approximate surface area is 163 Å². The second kappa shape index (κ2) is 6.06. The molecule has 28 heavy (non-hydrogen) atoms. The molecule has 2 aromatic carbocycles. The highest BCUT2D eigenvalue weighted by Crippen LogP contribution is 2.55. The monoisotopic (exact) mass is 382 g/mol. The summed E-state index contributed by atoms with van der Waals surface area (Å²) in [6.07, 6.45) is 0. The summed E-state index contributed by atoms with van der Waals surface area (Å²) in [5.41, 5.74) is 3.83. The molecule has 146 valence electrons. The van der Waals surface area contributed by atoms with Crippen LogP contribution in [0.15, 0.2) is 24.3 Å². The van der Waals surface area contributed by atoms with Crippen LogP contribution in [0, 0.1) is 18.8 Å². The fraction of sp³-hybridized carbons (Fsp3) is 0.409. The van der Waals surface area contributed by atoms with Crippen LogP contribution in [-0.2, 0) is 9.53 Å². The summed E-state index contributed by atoms with van der Waals surface area (Å²) in [5, 5.41) is 10.3. The molecule has 0 bridgehead atoms. The van der Waals surface area contributed by atoms with Crippen molar-refractivity contribution in [1.82, 2.24) is 0 Å². The number of phenolic OH excluding ortho intramolecular Hbond substituents is 1. The zero-order chi connectivity index (χ0) is 19.6. The Balaban J connectivity index is 1.75. The molecule has 1 aliphatic carbocycles. The molecule has 6 nitrogen and oxygen atoms in total. The van der Waals surface area contributed by atoms with Crippen LogP contribution in [0.5, 0.6) is 23.0 Å². The molecule has 5 rings (SSSR count). The van der Waals surface area contributed by atoms with E-state index in [1.54, 1.807) is 0 Å². The third-order valence-corrected chi connectivity index (χ3v) is 6.42. The topological polar surface area (TPSA) is 74.2 Å². The van der Waals surface area contributed by atoms with E-state index in [4.69, 9.17) is 18.9 Å². The van der Waals surface area contributed by atoms with Crippen molar-refractivity contribution in [2.45, 2.75) is 25.7 Å². The van der Waals surface area contributed by atoms with E-state index in [0.717, 1.165) is 22.4 Å². The van der Waals surface area contributed by atoms with E-state index in [9.17, 15) is 9.90 Å². The molecule has 6 heteroatoms. The van der Waals surface area contributed by atoms with Crippen LogP contribution >= 0.6 is 0 Å². The number of aryl methyl sites for hydroxylation is 1. The van der Waals surface area contributed by atoms with E-state index >= 15 is 0 Å². The van der Waals surface area contributed by atoms with Crippen LogP contribution in [0.4, 0.5) is 0 Å². The van der Waals surface area contributed by atoms with Gasteiger partial charge in [-0.3, -0.25) is 4.79 Å². The third-order valence-electron chi connectivity index (χ3n) is 6.42. The van der Waals surface area contributed by atoms with Gasteiger partial charge in [0.1, 0.15) is 0 Å². The van der Waals surface area contributed by atoms with Gasteiger partial charge in [-0.05, 0) is 53.3 Å². The molecule has 2 heterocycles. The lowest BCUT2D eigenvalue weighted by atomic mass is 9.63. The van der Waals surface area contributed by atoms with Crippen molar-refractivity contribution in [1.29, 1.82) is 0 Å². The number of carbonyl (C=O) groups excluding carboxylic acids is 1. The minimum Gasteiger partial charge on any atom is -0.504 e. The van der Waals surface area contributed by atoms with Crippen molar-refractivity contribution in [3.63, 3.8) is 0 Å². The van der Waals surface area contributed by atoms with Gasteiger partial charge in [-0.2, -0.15) is 0 Å². The second-order valence-electron chi connectivity index (χ2n) is 7.81. The van der Waals surface area contributed by atoms with E-state index in [2.05, 4.69) is 6.92 Å². The van der Waals surface area contributed by atoms with Crippen molar-refractivity contribution < 1.29 is 28.8 Å². The lowest BCUT2D eigenvalue weighted by Gasteiger charge is -2.37. The van der Waals surface area contributed by atoms with Gasteiger partial charge in [0.05, 0.1) is 19.6 Å². The number of hydrogen-bond acceptors (Lipinski definition) is 6. The van der Waals surface area contributed by atoms with Gasteiger partial charge in [0.2, 0.25) is 6.79 Å². The van der Waals surface area contributed by atoms with Crippen molar-refractivity contribution in [2.24, 2.45) is 11.8 Å². The molecule has 2 aliphatic heterocycles. The van der Waals surface area contributed by atoms with E-state index < -0.39 is 0 Å². The van der Waals surface area contributed by atoms with Gasteiger partial charge in [0.25, 0.3) is 0 Å². The molecular formula is C22H22O6. The second-order valence-corrected chi connectivity index (χ2v) is 7.81. The van der Waals surface area contributed by atoms with Crippen LogP contribution in [-0.4, -0.2) is 31.6 Å². The van der Waals surface area contributed by atoms with Gasteiger partial charge in [0, 0.05) is 11.8 Å². The zero-order valence-electron chi connectivity index (χ0n) is 16.0. The standard InChI is InChI=1S/C22H22O6/c1-10-4-12(5-18(25-3)21(10)23)19-14-7-17-16(27-9-28-17)6-13(14)11(2)15-8-26-22(24)20(15)19/h4-7,11,15,19-20,23H,8-9H2,1-3H3/t11-,15-,19-,20+/m1/s1. The number of carbonyl (C=O) groups is 1. The average Bonchev–Trinajstić information content (AvgIpc) is 3.30. The van der Waals surface area contributed by atoms with E-state index in [1.807, 2.05) is 31.2 Å². The first-order chi connectivity index (χ1) is 13.5. The summed E-state index contributed by atoms with van der Waals surface area (Å²) in [5.74, 6) is 1.56. The van der Waals surface area contributed by atoms with Crippen LogP contribution in [0.3, 0.4) is 0 Å². The number of cyclic esters (lactones) is 1. The summed E-state index contributed by atoms with van der Waals surface area (Å²) >= 11 is 0. The number of ether oxygens (including phenoxy) is 4. The van der Waals surface area contributed by atoms with Gasteiger partial charge in [-0.1, -0.05) is 13.0 Å². The normalized spacial score (nSPS) is 27.2. The molecule has 0 spiro atoms. The van der Waals surface area contributed by atoms with Crippen molar-refractivity contribution in [2.75, 3.05) is 20.5 Å². The Kier molecular flexibility index (Phi) is 3.73. The maximum atomic E-state index is 12.7. The van der Waals surface area contributed by atoms with Crippen LogP contribution in [0.1, 0.15) is 41.0 Å². The van der Waals surface area contributed by atoms with Crippen LogP contribution in [0.2, 0.25) is 0 Å². The van der Waals surface area contributed by atoms with Crippen molar-refractivity contribution in [3.05, 3.63) is 46.5 Å². The molecule has 0 radical (unpaired) electrons. The van der Waals surface area contributed by atoms with Gasteiger partial charge in [-0.25, -0.2) is 0 Å². The highest BCUT2D eigenvalue weighted by molar-refractivity contribution is 5.79. The zero-order valence-corrected chi connectivity index (χ0v) is 16.0. The number of esters is 1. The number of benzene rings is 2. The molecule has 0 unspecified atom stereocenters. The maximum absolute atomic E-state index is 12.7. The highest BCUT2D eigenvalue weighted by atomic mass is 16.7. The Bertz CT molecular complexity index is 981. The Morgan fingerprint density at radius 2 is 1.79 bits per heavy atom. The lowest BCUT2D eigenvalue weighted by Crippen LogP contribution is -2.33. The number of rotatable bonds is 2. The highest BCUT2D eigenvalue weighted by Gasteiger charge is 2.51. The fourth-order valence-electron chi connectivity index (χ4n) is 4.95. The molecule has 1 N–H and O–H groups in total.